The van der Waals surface area contributed by atoms with E-state index >= 15 is 0 Å². The number of rotatable bonds is 3. The largest absolute Gasteiger partial charge is 0.397 e. The lowest BCUT2D eigenvalue weighted by molar-refractivity contribution is 0.881. The molecular weight excluding hydrogens is 210 g/mol. The topological polar surface area (TPSA) is 50.9 Å². The van der Waals surface area contributed by atoms with Crippen molar-refractivity contribution in [1.29, 1.82) is 0 Å². The summed E-state index contributed by atoms with van der Waals surface area (Å²) in [5, 5.41) is 3.40. The van der Waals surface area contributed by atoms with Crippen LogP contribution in [0.15, 0.2) is 42.7 Å². The fraction of sp³-hybridized carbons (Fsp3) is 0.214. The molecular formula is C14H17N3. The van der Waals surface area contributed by atoms with Gasteiger partial charge in [0.15, 0.2) is 0 Å². The molecule has 0 aliphatic carbocycles. The number of benzene rings is 1. The molecule has 0 saturated heterocycles. The molecule has 2 aromatic rings. The summed E-state index contributed by atoms with van der Waals surface area (Å²) in [4.78, 5) is 4.01. The van der Waals surface area contributed by atoms with E-state index in [4.69, 9.17) is 5.73 Å². The third-order valence-electron chi connectivity index (χ3n) is 2.79. The summed E-state index contributed by atoms with van der Waals surface area (Å²) < 4.78 is 0. The van der Waals surface area contributed by atoms with Crippen LogP contribution in [-0.2, 0) is 0 Å². The molecule has 1 unspecified atom stereocenters. The molecule has 88 valence electrons. The van der Waals surface area contributed by atoms with Gasteiger partial charge in [-0.25, -0.2) is 0 Å². The molecule has 0 bridgehead atoms. The molecule has 3 heteroatoms. The Labute approximate surface area is 102 Å². The van der Waals surface area contributed by atoms with Gasteiger partial charge in [-0.1, -0.05) is 6.07 Å². The number of nitrogens with one attached hydrogen (secondary N) is 1. The SMILES string of the molecule is Cc1ccc(NC(C)c2ccncc2)c(N)c1. The Morgan fingerprint density at radius 3 is 2.53 bits per heavy atom. The van der Waals surface area contributed by atoms with E-state index in [9.17, 15) is 0 Å². The zero-order valence-electron chi connectivity index (χ0n) is 10.1. The number of nitrogen functional groups attached to an aromatic ring is 1. The number of nitrogens with two attached hydrogens (primary N) is 1. The first-order chi connectivity index (χ1) is 8.16. The van der Waals surface area contributed by atoms with Gasteiger partial charge in [-0.3, -0.25) is 4.98 Å². The number of aryl methyl sites for hydroxylation is 1. The number of aromatic nitrogens is 1. The van der Waals surface area contributed by atoms with E-state index in [1.807, 2.05) is 31.2 Å². The van der Waals surface area contributed by atoms with Crippen LogP contribution >= 0.6 is 0 Å². The van der Waals surface area contributed by atoms with Gasteiger partial charge in [-0.2, -0.15) is 0 Å². The summed E-state index contributed by atoms with van der Waals surface area (Å²) in [7, 11) is 0. The fourth-order valence-corrected chi connectivity index (χ4v) is 1.78. The van der Waals surface area contributed by atoms with Crippen molar-refractivity contribution >= 4 is 11.4 Å². The van der Waals surface area contributed by atoms with Gasteiger partial charge in [-0.05, 0) is 49.2 Å². The number of hydrogen-bond acceptors (Lipinski definition) is 3. The third-order valence-corrected chi connectivity index (χ3v) is 2.79. The van der Waals surface area contributed by atoms with Gasteiger partial charge in [0.05, 0.1) is 11.4 Å². The maximum Gasteiger partial charge on any atom is 0.0578 e. The summed E-state index contributed by atoms with van der Waals surface area (Å²) in [5.74, 6) is 0. The monoisotopic (exact) mass is 227 g/mol. The molecule has 0 aliphatic rings. The lowest BCUT2D eigenvalue weighted by atomic mass is 10.1. The molecule has 0 radical (unpaired) electrons. The van der Waals surface area contributed by atoms with Gasteiger partial charge in [0.25, 0.3) is 0 Å². The van der Waals surface area contributed by atoms with Gasteiger partial charge in [0, 0.05) is 18.4 Å². The highest BCUT2D eigenvalue weighted by Crippen LogP contribution is 2.24. The van der Waals surface area contributed by atoms with Crippen LogP contribution in [0.2, 0.25) is 0 Å². The minimum absolute atomic E-state index is 0.211. The maximum absolute atomic E-state index is 5.97. The Balaban J connectivity index is 2.16. The fourth-order valence-electron chi connectivity index (χ4n) is 1.78. The highest BCUT2D eigenvalue weighted by atomic mass is 14.9. The highest BCUT2D eigenvalue weighted by molar-refractivity contribution is 5.67. The Hall–Kier alpha value is -2.03. The molecule has 1 aromatic heterocycles. The maximum atomic E-state index is 5.97. The standard InChI is InChI=1S/C14H17N3/c1-10-3-4-14(13(15)9-10)17-11(2)12-5-7-16-8-6-12/h3-9,11,17H,15H2,1-2H3. The first-order valence-corrected chi connectivity index (χ1v) is 5.69. The molecule has 1 heterocycles. The van der Waals surface area contributed by atoms with E-state index in [-0.39, 0.29) is 6.04 Å². The van der Waals surface area contributed by atoms with Gasteiger partial charge < -0.3 is 11.1 Å². The van der Waals surface area contributed by atoms with Crippen LogP contribution in [-0.4, -0.2) is 4.98 Å². The minimum Gasteiger partial charge on any atom is -0.397 e. The quantitative estimate of drug-likeness (QED) is 0.792. The van der Waals surface area contributed by atoms with E-state index in [1.165, 1.54) is 11.1 Å². The first-order valence-electron chi connectivity index (χ1n) is 5.69. The van der Waals surface area contributed by atoms with Crippen molar-refractivity contribution in [3.63, 3.8) is 0 Å². The second-order valence-corrected chi connectivity index (χ2v) is 4.24. The van der Waals surface area contributed by atoms with Crippen LogP contribution in [0.1, 0.15) is 24.1 Å². The predicted molar refractivity (Wildman–Crippen MR) is 71.9 cm³/mol. The first kappa shape index (κ1) is 11.5. The van der Waals surface area contributed by atoms with Crippen molar-refractivity contribution in [3.8, 4) is 0 Å². The molecule has 1 aromatic carbocycles. The van der Waals surface area contributed by atoms with Crippen molar-refractivity contribution in [2.45, 2.75) is 19.9 Å². The second-order valence-electron chi connectivity index (χ2n) is 4.24. The molecule has 3 nitrogen and oxygen atoms in total. The average Bonchev–Trinajstić information content (AvgIpc) is 2.34. The van der Waals surface area contributed by atoms with Crippen LogP contribution in [0.3, 0.4) is 0 Å². The van der Waals surface area contributed by atoms with E-state index in [0.717, 1.165) is 11.4 Å². The molecule has 0 aliphatic heterocycles. The summed E-state index contributed by atoms with van der Waals surface area (Å²) in [6.07, 6.45) is 3.60. The van der Waals surface area contributed by atoms with Crippen LogP contribution in [0, 0.1) is 6.92 Å². The lowest BCUT2D eigenvalue weighted by Gasteiger charge is -2.17. The smallest absolute Gasteiger partial charge is 0.0578 e. The average molecular weight is 227 g/mol. The molecule has 2 rings (SSSR count). The van der Waals surface area contributed by atoms with Crippen molar-refractivity contribution in [2.75, 3.05) is 11.1 Å². The molecule has 0 spiro atoms. The number of hydrogen-bond donors (Lipinski definition) is 2. The van der Waals surface area contributed by atoms with Crippen LogP contribution in [0.5, 0.6) is 0 Å². The van der Waals surface area contributed by atoms with E-state index in [1.54, 1.807) is 12.4 Å². The van der Waals surface area contributed by atoms with Crippen molar-refractivity contribution in [1.82, 2.24) is 4.98 Å². The van der Waals surface area contributed by atoms with E-state index in [0.29, 0.717) is 0 Å². The van der Waals surface area contributed by atoms with Crippen LogP contribution < -0.4 is 11.1 Å². The van der Waals surface area contributed by atoms with Crippen molar-refractivity contribution in [2.24, 2.45) is 0 Å². The number of anilines is 2. The lowest BCUT2D eigenvalue weighted by Crippen LogP contribution is -2.08. The van der Waals surface area contributed by atoms with Gasteiger partial charge in [0.2, 0.25) is 0 Å². The van der Waals surface area contributed by atoms with E-state index in [2.05, 4.69) is 23.3 Å². The third kappa shape index (κ3) is 2.75. The Bertz CT molecular complexity index is 494. The summed E-state index contributed by atoms with van der Waals surface area (Å²) in [6.45, 7) is 4.14. The Morgan fingerprint density at radius 1 is 1.18 bits per heavy atom. The van der Waals surface area contributed by atoms with Crippen molar-refractivity contribution < 1.29 is 0 Å². The molecule has 17 heavy (non-hydrogen) atoms. The summed E-state index contributed by atoms with van der Waals surface area (Å²) >= 11 is 0. The highest BCUT2D eigenvalue weighted by Gasteiger charge is 2.06. The molecule has 0 amide bonds. The summed E-state index contributed by atoms with van der Waals surface area (Å²) in [6, 6.07) is 10.3. The number of nitrogens with zero attached hydrogens (tertiary/aromatic N) is 1. The molecule has 3 N–H and O–H groups in total. The summed E-state index contributed by atoms with van der Waals surface area (Å²) in [5.41, 5.74) is 10.1. The van der Waals surface area contributed by atoms with E-state index < -0.39 is 0 Å². The molecule has 1 atom stereocenters. The number of pyridine rings is 1. The molecule has 0 fully saturated rings. The van der Waals surface area contributed by atoms with Crippen molar-refractivity contribution in [3.05, 3.63) is 53.9 Å². The zero-order chi connectivity index (χ0) is 12.3. The minimum atomic E-state index is 0.211. The normalized spacial score (nSPS) is 12.1. The predicted octanol–water partition coefficient (Wildman–Crippen LogP) is 3.15. The van der Waals surface area contributed by atoms with Gasteiger partial charge in [0.1, 0.15) is 0 Å². The van der Waals surface area contributed by atoms with Crippen LogP contribution in [0.4, 0.5) is 11.4 Å². The van der Waals surface area contributed by atoms with Gasteiger partial charge in [-0.15, -0.1) is 0 Å². The Kier molecular flexibility index (Phi) is 3.28. The Morgan fingerprint density at radius 2 is 1.88 bits per heavy atom. The van der Waals surface area contributed by atoms with Gasteiger partial charge >= 0.3 is 0 Å². The zero-order valence-corrected chi connectivity index (χ0v) is 10.1. The molecule has 0 saturated carbocycles. The second kappa shape index (κ2) is 4.87. The van der Waals surface area contributed by atoms with Crippen LogP contribution in [0.25, 0.3) is 0 Å².